The summed E-state index contributed by atoms with van der Waals surface area (Å²) in [5.41, 5.74) is 3.56. The van der Waals surface area contributed by atoms with Gasteiger partial charge in [-0.05, 0) is 37.1 Å². The molecule has 4 rings (SSSR count). The predicted molar refractivity (Wildman–Crippen MR) is 104 cm³/mol. The molecule has 1 aliphatic carbocycles. The fourth-order valence-electron chi connectivity index (χ4n) is 2.46. The minimum absolute atomic E-state index is 0.118. The Bertz CT molecular complexity index is 903. The highest BCUT2D eigenvalue weighted by Gasteiger charge is 2.29. The second kappa shape index (κ2) is 6.86. The standard InChI is InChI=1S/C19H16ClN3OS/c20-15-3-1-2-4-16(15)22-19-23-17(11-25-19)12-7-9-14(10-8-12)21-18(24)13-5-6-13/h1-4,7-11,13H,5-6H2,(H,21,24)(H,22,23). The molecular weight excluding hydrogens is 354 g/mol. The van der Waals surface area contributed by atoms with Gasteiger partial charge in [0.15, 0.2) is 5.13 Å². The molecule has 1 fully saturated rings. The third kappa shape index (κ3) is 3.83. The summed E-state index contributed by atoms with van der Waals surface area (Å²) >= 11 is 7.69. The molecule has 0 radical (unpaired) electrons. The summed E-state index contributed by atoms with van der Waals surface area (Å²) in [4.78, 5) is 16.4. The first-order valence-corrected chi connectivity index (χ1v) is 9.33. The lowest BCUT2D eigenvalue weighted by Crippen LogP contribution is -2.12. The first kappa shape index (κ1) is 16.1. The van der Waals surface area contributed by atoms with Crippen molar-refractivity contribution in [2.75, 3.05) is 10.6 Å². The molecule has 1 aliphatic rings. The monoisotopic (exact) mass is 369 g/mol. The van der Waals surface area contributed by atoms with Gasteiger partial charge < -0.3 is 10.6 Å². The highest BCUT2D eigenvalue weighted by Crippen LogP contribution is 2.32. The number of carbonyl (C=O) groups is 1. The number of aromatic nitrogens is 1. The van der Waals surface area contributed by atoms with E-state index < -0.39 is 0 Å². The van der Waals surface area contributed by atoms with Crippen LogP contribution in [0.2, 0.25) is 5.02 Å². The molecule has 3 aromatic rings. The Hall–Kier alpha value is -2.37. The van der Waals surface area contributed by atoms with E-state index in [1.807, 2.05) is 53.9 Å². The van der Waals surface area contributed by atoms with E-state index in [0.29, 0.717) is 5.02 Å². The molecule has 0 aliphatic heterocycles. The molecule has 0 unspecified atom stereocenters. The predicted octanol–water partition coefficient (Wildman–Crippen LogP) is 5.56. The number of rotatable bonds is 5. The molecule has 2 aromatic carbocycles. The second-order valence-corrected chi connectivity index (χ2v) is 7.25. The Morgan fingerprint density at radius 2 is 1.88 bits per heavy atom. The van der Waals surface area contributed by atoms with Crippen molar-refractivity contribution in [3.05, 3.63) is 58.9 Å². The number of nitrogens with one attached hydrogen (secondary N) is 2. The quantitative estimate of drug-likeness (QED) is 0.619. The van der Waals surface area contributed by atoms with Gasteiger partial charge >= 0.3 is 0 Å². The summed E-state index contributed by atoms with van der Waals surface area (Å²) in [6.45, 7) is 0. The van der Waals surface area contributed by atoms with Crippen LogP contribution in [-0.4, -0.2) is 10.9 Å². The molecule has 0 saturated heterocycles. The number of para-hydroxylation sites is 1. The lowest BCUT2D eigenvalue weighted by Gasteiger charge is -2.05. The van der Waals surface area contributed by atoms with E-state index in [9.17, 15) is 4.79 Å². The number of benzene rings is 2. The number of thiazole rings is 1. The van der Waals surface area contributed by atoms with Crippen LogP contribution in [0, 0.1) is 5.92 Å². The van der Waals surface area contributed by atoms with E-state index in [4.69, 9.17) is 11.6 Å². The Balaban J connectivity index is 1.46. The topological polar surface area (TPSA) is 54.0 Å². The van der Waals surface area contributed by atoms with E-state index in [1.54, 1.807) is 0 Å². The Morgan fingerprint density at radius 1 is 1.12 bits per heavy atom. The van der Waals surface area contributed by atoms with Crippen molar-refractivity contribution in [2.45, 2.75) is 12.8 Å². The maximum Gasteiger partial charge on any atom is 0.227 e. The van der Waals surface area contributed by atoms with Crippen LogP contribution in [0.15, 0.2) is 53.9 Å². The summed E-state index contributed by atoms with van der Waals surface area (Å²) in [6.07, 6.45) is 2.01. The molecule has 4 nitrogen and oxygen atoms in total. The van der Waals surface area contributed by atoms with Gasteiger partial charge in [-0.15, -0.1) is 11.3 Å². The van der Waals surface area contributed by atoms with Crippen molar-refractivity contribution in [1.82, 2.24) is 4.98 Å². The summed E-state index contributed by atoms with van der Waals surface area (Å²) < 4.78 is 0. The largest absolute Gasteiger partial charge is 0.330 e. The van der Waals surface area contributed by atoms with E-state index >= 15 is 0 Å². The number of hydrogen-bond donors (Lipinski definition) is 2. The zero-order valence-electron chi connectivity index (χ0n) is 13.3. The first-order valence-electron chi connectivity index (χ1n) is 8.07. The Morgan fingerprint density at radius 3 is 2.60 bits per heavy atom. The first-order chi connectivity index (χ1) is 12.2. The molecule has 0 atom stereocenters. The van der Waals surface area contributed by atoms with Crippen molar-refractivity contribution >= 4 is 45.4 Å². The van der Waals surface area contributed by atoms with Crippen LogP contribution in [0.4, 0.5) is 16.5 Å². The summed E-state index contributed by atoms with van der Waals surface area (Å²) in [6, 6.07) is 15.3. The van der Waals surface area contributed by atoms with Gasteiger partial charge in [0.1, 0.15) is 0 Å². The highest BCUT2D eigenvalue weighted by molar-refractivity contribution is 7.14. The maximum atomic E-state index is 11.8. The van der Waals surface area contributed by atoms with Crippen LogP contribution >= 0.6 is 22.9 Å². The number of amides is 1. The molecular formula is C19H16ClN3OS. The molecule has 6 heteroatoms. The van der Waals surface area contributed by atoms with Crippen molar-refractivity contribution in [1.29, 1.82) is 0 Å². The van der Waals surface area contributed by atoms with Gasteiger partial charge in [-0.2, -0.15) is 0 Å². The van der Waals surface area contributed by atoms with Crippen molar-refractivity contribution in [3.8, 4) is 11.3 Å². The second-order valence-electron chi connectivity index (χ2n) is 5.98. The average Bonchev–Trinajstić information content (AvgIpc) is 3.38. The number of nitrogens with zero attached hydrogens (tertiary/aromatic N) is 1. The summed E-state index contributed by atoms with van der Waals surface area (Å²) in [7, 11) is 0. The maximum absolute atomic E-state index is 11.8. The van der Waals surface area contributed by atoms with Crippen molar-refractivity contribution in [2.24, 2.45) is 5.92 Å². The molecule has 1 heterocycles. The fourth-order valence-corrected chi connectivity index (χ4v) is 3.37. The third-order valence-corrected chi connectivity index (χ3v) is 5.10. The Labute approximate surface area is 154 Å². The molecule has 25 heavy (non-hydrogen) atoms. The zero-order valence-corrected chi connectivity index (χ0v) is 14.9. The van der Waals surface area contributed by atoms with Gasteiger partial charge in [-0.3, -0.25) is 4.79 Å². The van der Waals surface area contributed by atoms with Gasteiger partial charge in [0.05, 0.1) is 16.4 Å². The van der Waals surface area contributed by atoms with Gasteiger partial charge in [0.2, 0.25) is 5.91 Å². The normalized spacial score (nSPS) is 13.5. The van der Waals surface area contributed by atoms with Crippen LogP contribution in [0.1, 0.15) is 12.8 Å². The smallest absolute Gasteiger partial charge is 0.227 e. The molecule has 2 N–H and O–H groups in total. The summed E-state index contributed by atoms with van der Waals surface area (Å²) in [5, 5.41) is 9.63. The van der Waals surface area contributed by atoms with Gasteiger partial charge in [-0.25, -0.2) is 4.98 Å². The lowest BCUT2D eigenvalue weighted by atomic mass is 10.1. The zero-order chi connectivity index (χ0) is 17.2. The number of anilines is 3. The third-order valence-electron chi connectivity index (χ3n) is 4.02. The highest BCUT2D eigenvalue weighted by atomic mass is 35.5. The van der Waals surface area contributed by atoms with Crippen LogP contribution in [0.3, 0.4) is 0 Å². The van der Waals surface area contributed by atoms with Gasteiger partial charge in [0, 0.05) is 22.5 Å². The van der Waals surface area contributed by atoms with Crippen LogP contribution in [0.5, 0.6) is 0 Å². The van der Waals surface area contributed by atoms with E-state index in [1.165, 1.54) is 11.3 Å². The minimum Gasteiger partial charge on any atom is -0.330 e. The van der Waals surface area contributed by atoms with Crippen LogP contribution in [-0.2, 0) is 4.79 Å². The van der Waals surface area contributed by atoms with Gasteiger partial charge in [0.25, 0.3) is 0 Å². The van der Waals surface area contributed by atoms with Crippen molar-refractivity contribution in [3.63, 3.8) is 0 Å². The van der Waals surface area contributed by atoms with E-state index in [-0.39, 0.29) is 11.8 Å². The fraction of sp³-hybridized carbons (Fsp3) is 0.158. The van der Waals surface area contributed by atoms with E-state index in [2.05, 4.69) is 15.6 Å². The molecule has 0 bridgehead atoms. The van der Waals surface area contributed by atoms with Crippen molar-refractivity contribution < 1.29 is 4.79 Å². The van der Waals surface area contributed by atoms with Crippen LogP contribution < -0.4 is 10.6 Å². The number of carbonyl (C=O) groups excluding carboxylic acids is 1. The summed E-state index contributed by atoms with van der Waals surface area (Å²) in [5.74, 6) is 0.323. The molecule has 0 spiro atoms. The molecule has 126 valence electrons. The number of halogens is 1. The minimum atomic E-state index is 0.118. The molecule has 1 saturated carbocycles. The molecule has 1 aromatic heterocycles. The van der Waals surface area contributed by atoms with E-state index in [0.717, 1.165) is 40.6 Å². The average molecular weight is 370 g/mol. The lowest BCUT2D eigenvalue weighted by molar-refractivity contribution is -0.117. The SMILES string of the molecule is O=C(Nc1ccc(-c2csc(Nc3ccccc3Cl)n2)cc1)C1CC1. The van der Waals surface area contributed by atoms with Crippen LogP contribution in [0.25, 0.3) is 11.3 Å². The molecule has 1 amide bonds. The number of hydrogen-bond acceptors (Lipinski definition) is 4. The Kier molecular flexibility index (Phi) is 4.42. The van der Waals surface area contributed by atoms with Gasteiger partial charge in [-0.1, -0.05) is 35.9 Å².